The van der Waals surface area contributed by atoms with E-state index in [1.54, 1.807) is 70.3 Å². The molecule has 2 unspecified atom stereocenters. The SMILES string of the molecule is CCCCCCCCN(C(=O)C(NC(=O)OC(C)(C)C)C(C)C)C(C(=O)Nc1ccc(OC)cc1)c1ccccc1O. The Hall–Kier alpha value is -3.75. The second kappa shape index (κ2) is 16.6. The number of benzene rings is 2. The molecule has 2 atom stereocenters. The number of carbonyl (C=O) groups is 3. The Kier molecular flexibility index (Phi) is 13.6. The third-order valence-corrected chi connectivity index (χ3v) is 6.79. The van der Waals surface area contributed by atoms with Crippen LogP contribution < -0.4 is 15.4 Å². The van der Waals surface area contributed by atoms with Crippen LogP contribution in [0.1, 0.15) is 91.7 Å². The fourth-order valence-electron chi connectivity index (χ4n) is 4.61. The Morgan fingerprint density at radius 2 is 1.55 bits per heavy atom. The smallest absolute Gasteiger partial charge is 0.408 e. The first-order valence-electron chi connectivity index (χ1n) is 14.9. The Morgan fingerprint density at radius 3 is 2.12 bits per heavy atom. The molecule has 0 aliphatic carbocycles. The van der Waals surface area contributed by atoms with Crippen molar-refractivity contribution in [1.82, 2.24) is 10.2 Å². The van der Waals surface area contributed by atoms with Gasteiger partial charge in [0.2, 0.25) is 5.91 Å². The predicted octanol–water partition coefficient (Wildman–Crippen LogP) is 6.82. The van der Waals surface area contributed by atoms with Crippen LogP contribution in [0.15, 0.2) is 48.5 Å². The Labute approximate surface area is 251 Å². The third-order valence-electron chi connectivity index (χ3n) is 6.79. The van der Waals surface area contributed by atoms with Gasteiger partial charge >= 0.3 is 6.09 Å². The molecule has 3 N–H and O–H groups in total. The number of alkyl carbamates (subject to hydrolysis) is 1. The fourth-order valence-corrected chi connectivity index (χ4v) is 4.61. The number of anilines is 1. The number of nitrogens with zero attached hydrogens (tertiary/aromatic N) is 1. The third kappa shape index (κ3) is 10.9. The molecule has 9 heteroatoms. The lowest BCUT2D eigenvalue weighted by Crippen LogP contribution is -2.54. The van der Waals surface area contributed by atoms with Gasteiger partial charge in [0, 0.05) is 17.8 Å². The summed E-state index contributed by atoms with van der Waals surface area (Å²) in [4.78, 5) is 42.5. The van der Waals surface area contributed by atoms with E-state index in [4.69, 9.17) is 9.47 Å². The highest BCUT2D eigenvalue weighted by atomic mass is 16.6. The summed E-state index contributed by atoms with van der Waals surface area (Å²) < 4.78 is 10.7. The van der Waals surface area contributed by atoms with Crippen molar-refractivity contribution in [3.63, 3.8) is 0 Å². The zero-order valence-electron chi connectivity index (χ0n) is 26.2. The molecule has 0 aromatic heterocycles. The monoisotopic (exact) mass is 583 g/mol. The molecule has 2 aromatic carbocycles. The quantitative estimate of drug-likeness (QED) is 0.198. The number of phenolic OH excluding ortho intramolecular Hbond substituents is 1. The first kappa shape index (κ1) is 34.5. The number of amides is 3. The molecule has 0 aliphatic heterocycles. The first-order valence-corrected chi connectivity index (χ1v) is 14.9. The minimum Gasteiger partial charge on any atom is -0.508 e. The average molecular weight is 584 g/mol. The topological polar surface area (TPSA) is 117 Å². The average Bonchev–Trinajstić information content (AvgIpc) is 2.92. The molecule has 2 rings (SSSR count). The number of rotatable bonds is 15. The van der Waals surface area contributed by atoms with Crippen LogP contribution in [0.3, 0.4) is 0 Å². The van der Waals surface area contributed by atoms with Crippen LogP contribution in [0.4, 0.5) is 10.5 Å². The summed E-state index contributed by atoms with van der Waals surface area (Å²) in [6.45, 7) is 11.3. The van der Waals surface area contributed by atoms with Crippen molar-refractivity contribution in [3.05, 3.63) is 54.1 Å². The molecule has 0 bridgehead atoms. The maximum atomic E-state index is 14.3. The van der Waals surface area contributed by atoms with Crippen LogP contribution in [0, 0.1) is 5.92 Å². The minimum atomic E-state index is -1.15. The Balaban J connectivity index is 2.49. The lowest BCUT2D eigenvalue weighted by molar-refractivity contribution is -0.141. The van der Waals surface area contributed by atoms with E-state index in [9.17, 15) is 19.5 Å². The van der Waals surface area contributed by atoms with Gasteiger partial charge in [-0.05, 0) is 63.4 Å². The van der Waals surface area contributed by atoms with Crippen LogP contribution in [0.2, 0.25) is 0 Å². The van der Waals surface area contributed by atoms with Gasteiger partial charge in [0.05, 0.1) is 7.11 Å². The van der Waals surface area contributed by atoms with E-state index in [1.165, 1.54) is 11.0 Å². The molecular formula is C33H49N3O6. The Morgan fingerprint density at radius 1 is 0.929 bits per heavy atom. The number of para-hydroxylation sites is 1. The zero-order chi connectivity index (χ0) is 31.3. The van der Waals surface area contributed by atoms with Gasteiger partial charge in [0.15, 0.2) is 0 Å². The van der Waals surface area contributed by atoms with E-state index in [1.807, 2.05) is 13.8 Å². The van der Waals surface area contributed by atoms with Gasteiger partial charge in [-0.1, -0.05) is 71.1 Å². The fraction of sp³-hybridized carbons (Fsp3) is 0.545. The van der Waals surface area contributed by atoms with Crippen molar-refractivity contribution >= 4 is 23.6 Å². The van der Waals surface area contributed by atoms with Gasteiger partial charge < -0.3 is 30.1 Å². The molecule has 0 fully saturated rings. The Bertz CT molecular complexity index is 1140. The molecule has 9 nitrogen and oxygen atoms in total. The van der Waals surface area contributed by atoms with E-state index in [0.717, 1.165) is 32.1 Å². The largest absolute Gasteiger partial charge is 0.508 e. The van der Waals surface area contributed by atoms with Crippen molar-refractivity contribution in [2.45, 2.75) is 97.8 Å². The second-order valence-electron chi connectivity index (χ2n) is 11.8. The van der Waals surface area contributed by atoms with Crippen molar-refractivity contribution in [2.24, 2.45) is 5.92 Å². The number of nitrogens with one attached hydrogen (secondary N) is 2. The number of aromatic hydroxyl groups is 1. The van der Waals surface area contributed by atoms with Crippen molar-refractivity contribution < 1.29 is 29.0 Å². The summed E-state index contributed by atoms with van der Waals surface area (Å²) in [7, 11) is 1.56. The van der Waals surface area contributed by atoms with Crippen LogP contribution in [-0.4, -0.2) is 53.2 Å². The highest BCUT2D eigenvalue weighted by molar-refractivity contribution is 5.99. The lowest BCUT2D eigenvalue weighted by atomic mass is 9.97. The normalized spacial score (nSPS) is 12.8. The summed E-state index contributed by atoms with van der Waals surface area (Å²) in [5.74, 6) is -0.678. The zero-order valence-corrected chi connectivity index (χ0v) is 26.2. The van der Waals surface area contributed by atoms with Gasteiger partial charge in [-0.2, -0.15) is 0 Å². The summed E-state index contributed by atoms with van der Waals surface area (Å²) in [5, 5.41) is 16.5. The molecule has 2 aromatic rings. The predicted molar refractivity (Wildman–Crippen MR) is 166 cm³/mol. The molecular weight excluding hydrogens is 534 g/mol. The lowest BCUT2D eigenvalue weighted by Gasteiger charge is -2.36. The van der Waals surface area contributed by atoms with Crippen molar-refractivity contribution in [3.8, 4) is 11.5 Å². The van der Waals surface area contributed by atoms with Gasteiger partial charge in [-0.3, -0.25) is 9.59 Å². The minimum absolute atomic E-state index is 0.102. The molecule has 0 spiro atoms. The van der Waals surface area contributed by atoms with Gasteiger partial charge in [-0.15, -0.1) is 0 Å². The summed E-state index contributed by atoms with van der Waals surface area (Å²) in [6, 6.07) is 11.3. The molecule has 0 saturated heterocycles. The molecule has 0 heterocycles. The number of unbranched alkanes of at least 4 members (excludes halogenated alkanes) is 5. The number of methoxy groups -OCH3 is 1. The van der Waals surface area contributed by atoms with Gasteiger partial charge in [0.1, 0.15) is 29.2 Å². The number of ether oxygens (including phenoxy) is 2. The molecule has 42 heavy (non-hydrogen) atoms. The standard InChI is InChI=1S/C33H49N3O6/c1-8-9-10-11-12-15-22-36(31(39)28(23(2)3)35-32(40)42-33(4,5)6)29(26-16-13-14-17-27(26)37)30(38)34-24-18-20-25(41-7)21-19-24/h13-14,16-21,23,28-29,37H,8-12,15,22H2,1-7H3,(H,34,38)(H,35,40). The number of hydrogen-bond donors (Lipinski definition) is 3. The van der Waals surface area contributed by atoms with Crippen LogP contribution in [0.5, 0.6) is 11.5 Å². The highest BCUT2D eigenvalue weighted by Crippen LogP contribution is 2.32. The second-order valence-corrected chi connectivity index (χ2v) is 11.8. The number of phenols is 1. The van der Waals surface area contributed by atoms with E-state index >= 15 is 0 Å². The molecule has 232 valence electrons. The van der Waals surface area contributed by atoms with Crippen LogP contribution in [0.25, 0.3) is 0 Å². The molecule has 0 aliphatic rings. The maximum absolute atomic E-state index is 14.3. The van der Waals surface area contributed by atoms with Crippen molar-refractivity contribution in [1.29, 1.82) is 0 Å². The summed E-state index contributed by atoms with van der Waals surface area (Å²) in [6.07, 6.45) is 5.20. The van der Waals surface area contributed by atoms with Crippen molar-refractivity contribution in [2.75, 3.05) is 19.0 Å². The van der Waals surface area contributed by atoms with E-state index < -0.39 is 35.6 Å². The molecule has 0 saturated carbocycles. The molecule has 0 radical (unpaired) electrons. The van der Waals surface area contributed by atoms with Gasteiger partial charge in [-0.25, -0.2) is 4.79 Å². The highest BCUT2D eigenvalue weighted by Gasteiger charge is 2.38. The first-order chi connectivity index (χ1) is 19.9. The van der Waals surface area contributed by atoms with Crippen LogP contribution in [-0.2, 0) is 14.3 Å². The summed E-state index contributed by atoms with van der Waals surface area (Å²) in [5.41, 5.74) is 0.0618. The summed E-state index contributed by atoms with van der Waals surface area (Å²) >= 11 is 0. The van der Waals surface area contributed by atoms with E-state index in [2.05, 4.69) is 17.6 Å². The van der Waals surface area contributed by atoms with Crippen LogP contribution >= 0.6 is 0 Å². The van der Waals surface area contributed by atoms with E-state index in [0.29, 0.717) is 23.4 Å². The number of hydrogen-bond acceptors (Lipinski definition) is 6. The number of carbonyl (C=O) groups excluding carboxylic acids is 3. The van der Waals surface area contributed by atoms with E-state index in [-0.39, 0.29) is 18.2 Å². The maximum Gasteiger partial charge on any atom is 0.408 e. The molecule has 3 amide bonds. The van der Waals surface area contributed by atoms with Gasteiger partial charge in [0.25, 0.3) is 5.91 Å².